The topological polar surface area (TPSA) is 86.3 Å². The van der Waals surface area contributed by atoms with Gasteiger partial charge in [0.05, 0.1) is 30.0 Å². The van der Waals surface area contributed by atoms with E-state index in [9.17, 15) is 18.0 Å². The molecule has 2 aromatic carbocycles. The maximum Gasteiger partial charge on any atom is 0.280 e. The molecular formula is C24H16BrF3N6O2. The largest absolute Gasteiger partial charge is 0.471 e. The summed E-state index contributed by atoms with van der Waals surface area (Å²) in [6, 6.07) is 13.7. The van der Waals surface area contributed by atoms with Gasteiger partial charge in [0.1, 0.15) is 22.8 Å². The van der Waals surface area contributed by atoms with E-state index in [1.54, 1.807) is 18.3 Å². The highest BCUT2D eigenvalue weighted by atomic mass is 79.9. The lowest BCUT2D eigenvalue weighted by atomic mass is 10.1. The molecule has 1 N–H and O–H groups in total. The Morgan fingerprint density at radius 2 is 1.81 bits per heavy atom. The molecule has 0 atom stereocenters. The van der Waals surface area contributed by atoms with Crippen LogP contribution in [-0.2, 0) is 6.73 Å². The average molecular weight is 557 g/mol. The zero-order chi connectivity index (χ0) is 25.2. The number of carbonyl (C=O) groups is 1. The van der Waals surface area contributed by atoms with Crippen LogP contribution in [0.1, 0.15) is 22.5 Å². The predicted octanol–water partition coefficient (Wildman–Crippen LogP) is 5.72. The molecule has 8 nitrogen and oxygen atoms in total. The Bertz CT molecular complexity index is 1530. The Labute approximate surface area is 210 Å². The molecule has 0 spiro atoms. The van der Waals surface area contributed by atoms with Crippen molar-refractivity contribution in [1.82, 2.24) is 24.4 Å². The first-order valence-corrected chi connectivity index (χ1v) is 11.3. The Morgan fingerprint density at radius 1 is 1.06 bits per heavy atom. The number of hydrogen-bond acceptors (Lipinski definition) is 5. The van der Waals surface area contributed by atoms with Crippen molar-refractivity contribution in [2.45, 2.75) is 13.2 Å². The zero-order valence-corrected chi connectivity index (χ0v) is 19.9. The minimum absolute atomic E-state index is 0.0141. The maximum absolute atomic E-state index is 13.8. The summed E-state index contributed by atoms with van der Waals surface area (Å²) in [7, 11) is 0. The van der Waals surface area contributed by atoms with Gasteiger partial charge in [0.2, 0.25) is 0 Å². The number of benzene rings is 2. The maximum atomic E-state index is 13.8. The fourth-order valence-corrected chi connectivity index (χ4v) is 3.70. The normalized spacial score (nSPS) is 11.2. The Balaban J connectivity index is 1.38. The Hall–Kier alpha value is -4.19. The molecule has 5 aromatic rings. The molecule has 3 heterocycles. The van der Waals surface area contributed by atoms with Gasteiger partial charge in [-0.3, -0.25) is 4.79 Å². The van der Waals surface area contributed by atoms with Gasteiger partial charge in [-0.2, -0.15) is 10.2 Å². The molecule has 0 aliphatic rings. The number of halogens is 4. The molecule has 0 saturated carbocycles. The summed E-state index contributed by atoms with van der Waals surface area (Å²) < 4.78 is 49.8. The molecule has 182 valence electrons. The van der Waals surface area contributed by atoms with Gasteiger partial charge in [-0.25, -0.2) is 27.4 Å². The number of nitrogens with zero attached hydrogens (tertiary/aromatic N) is 5. The number of fused-ring (bicyclic) bond motifs is 1. The third-order valence-corrected chi connectivity index (χ3v) is 5.70. The van der Waals surface area contributed by atoms with Crippen molar-refractivity contribution in [2.24, 2.45) is 0 Å². The van der Waals surface area contributed by atoms with E-state index >= 15 is 0 Å². The first kappa shape index (κ1) is 23.5. The molecule has 12 heteroatoms. The zero-order valence-electron chi connectivity index (χ0n) is 18.3. The summed E-state index contributed by atoms with van der Waals surface area (Å²) >= 11 is 3.35. The van der Waals surface area contributed by atoms with Crippen LogP contribution >= 0.6 is 15.9 Å². The molecule has 1 amide bonds. The molecule has 5 rings (SSSR count). The van der Waals surface area contributed by atoms with Gasteiger partial charge < -0.3 is 10.1 Å². The first-order chi connectivity index (χ1) is 17.4. The van der Waals surface area contributed by atoms with Crippen LogP contribution in [-0.4, -0.2) is 30.3 Å². The van der Waals surface area contributed by atoms with Gasteiger partial charge in [-0.1, -0.05) is 15.9 Å². The summed E-state index contributed by atoms with van der Waals surface area (Å²) in [4.78, 5) is 17.3. The van der Waals surface area contributed by atoms with Crippen LogP contribution in [0.3, 0.4) is 0 Å². The van der Waals surface area contributed by atoms with Crippen molar-refractivity contribution >= 4 is 33.2 Å². The standard InChI is InChI=1S/C24H16BrF3N6O2/c25-15-3-7-18(8-4-15)36-13-33-12-17(10-29-33)31-24(35)19-11-30-34-21(22(27)28)9-20(32-23(19)34)14-1-5-16(26)6-2-14/h1-12,22H,13H2,(H,31,35). The molecule has 0 saturated heterocycles. The minimum Gasteiger partial charge on any atom is -0.471 e. The third kappa shape index (κ3) is 4.93. The Morgan fingerprint density at radius 3 is 2.53 bits per heavy atom. The van der Waals surface area contributed by atoms with Crippen LogP contribution < -0.4 is 10.1 Å². The molecule has 0 aliphatic heterocycles. The molecule has 3 aromatic heterocycles. The molecule has 36 heavy (non-hydrogen) atoms. The van der Waals surface area contributed by atoms with Crippen molar-refractivity contribution in [3.05, 3.63) is 94.7 Å². The monoisotopic (exact) mass is 556 g/mol. The van der Waals surface area contributed by atoms with E-state index in [4.69, 9.17) is 4.74 Å². The molecule has 0 radical (unpaired) electrons. The second-order valence-corrected chi connectivity index (χ2v) is 8.53. The van der Waals surface area contributed by atoms with Gasteiger partial charge in [-0.15, -0.1) is 0 Å². The third-order valence-electron chi connectivity index (χ3n) is 5.18. The van der Waals surface area contributed by atoms with E-state index in [1.807, 2.05) is 12.1 Å². The number of aromatic nitrogens is 5. The van der Waals surface area contributed by atoms with E-state index in [1.165, 1.54) is 41.3 Å². The lowest BCUT2D eigenvalue weighted by molar-refractivity contribution is 0.102. The van der Waals surface area contributed by atoms with Gasteiger partial charge >= 0.3 is 0 Å². The molecule has 0 aliphatic carbocycles. The lowest BCUT2D eigenvalue weighted by Crippen LogP contribution is -2.12. The fourth-order valence-electron chi connectivity index (χ4n) is 3.44. The van der Waals surface area contributed by atoms with Gasteiger partial charge in [0.25, 0.3) is 12.3 Å². The predicted molar refractivity (Wildman–Crippen MR) is 128 cm³/mol. The second-order valence-electron chi connectivity index (χ2n) is 7.62. The van der Waals surface area contributed by atoms with Crippen LogP contribution in [0.25, 0.3) is 16.9 Å². The SMILES string of the molecule is O=C(Nc1cnn(COc2ccc(Br)cc2)c1)c1cnn2c(C(F)F)cc(-c3ccc(F)cc3)nc12. The quantitative estimate of drug-likeness (QED) is 0.277. The molecule has 0 unspecified atom stereocenters. The number of alkyl halides is 2. The van der Waals surface area contributed by atoms with Crippen molar-refractivity contribution in [1.29, 1.82) is 0 Å². The van der Waals surface area contributed by atoms with Crippen molar-refractivity contribution in [2.75, 3.05) is 5.32 Å². The van der Waals surface area contributed by atoms with Crippen molar-refractivity contribution in [3.63, 3.8) is 0 Å². The number of hydrogen-bond donors (Lipinski definition) is 1. The molecule has 0 bridgehead atoms. The van der Waals surface area contributed by atoms with Crippen LogP contribution in [0.5, 0.6) is 5.75 Å². The second kappa shape index (κ2) is 9.82. The molecular weight excluding hydrogens is 541 g/mol. The smallest absolute Gasteiger partial charge is 0.280 e. The van der Waals surface area contributed by atoms with E-state index in [2.05, 4.69) is 36.4 Å². The van der Waals surface area contributed by atoms with E-state index < -0.39 is 23.8 Å². The van der Waals surface area contributed by atoms with E-state index in [-0.39, 0.29) is 23.6 Å². The minimum atomic E-state index is -2.88. The van der Waals surface area contributed by atoms with Crippen molar-refractivity contribution < 1.29 is 22.7 Å². The van der Waals surface area contributed by atoms with Gasteiger partial charge in [0, 0.05) is 10.0 Å². The summed E-state index contributed by atoms with van der Waals surface area (Å²) in [5, 5.41) is 10.7. The van der Waals surface area contributed by atoms with Crippen LogP contribution in [0.15, 0.2) is 77.7 Å². The van der Waals surface area contributed by atoms with Gasteiger partial charge in [-0.05, 0) is 54.6 Å². The summed E-state index contributed by atoms with van der Waals surface area (Å²) in [5.41, 5.74) is 0.416. The lowest BCUT2D eigenvalue weighted by Gasteiger charge is -2.08. The van der Waals surface area contributed by atoms with Crippen LogP contribution in [0.2, 0.25) is 0 Å². The van der Waals surface area contributed by atoms with E-state index in [0.717, 1.165) is 15.1 Å². The highest BCUT2D eigenvalue weighted by molar-refractivity contribution is 9.10. The highest BCUT2D eigenvalue weighted by Crippen LogP contribution is 2.27. The van der Waals surface area contributed by atoms with Crippen molar-refractivity contribution in [3.8, 4) is 17.0 Å². The number of nitrogens with one attached hydrogen (secondary N) is 1. The Kier molecular flexibility index (Phi) is 6.42. The number of rotatable bonds is 7. The number of carbonyl (C=O) groups excluding carboxylic acids is 1. The summed E-state index contributed by atoms with van der Waals surface area (Å²) in [6.45, 7) is 0.106. The van der Waals surface area contributed by atoms with Gasteiger partial charge in [0.15, 0.2) is 12.4 Å². The number of anilines is 1. The van der Waals surface area contributed by atoms with Crippen LogP contribution in [0.4, 0.5) is 18.9 Å². The summed E-state index contributed by atoms with van der Waals surface area (Å²) in [5.74, 6) is -0.438. The first-order valence-electron chi connectivity index (χ1n) is 10.5. The number of amides is 1. The number of ether oxygens (including phenoxy) is 1. The average Bonchev–Trinajstić information content (AvgIpc) is 3.50. The highest BCUT2D eigenvalue weighted by Gasteiger charge is 2.22. The molecule has 0 fully saturated rings. The summed E-state index contributed by atoms with van der Waals surface area (Å²) in [6.07, 6.45) is 1.27. The van der Waals surface area contributed by atoms with E-state index in [0.29, 0.717) is 17.0 Å². The fraction of sp³-hybridized carbons (Fsp3) is 0.0833. The van der Waals surface area contributed by atoms with Crippen LogP contribution in [0, 0.1) is 5.82 Å².